The molecule has 72 heavy (non-hydrogen) atoms. The fraction of sp³-hybridized carbons (Fsp3) is 0.172. The number of rotatable bonds is 16. The van der Waals surface area contributed by atoms with Crippen LogP contribution in [0.1, 0.15) is 63.6 Å². The van der Waals surface area contributed by atoms with Crippen LogP contribution in [0.15, 0.2) is 198 Å². The van der Waals surface area contributed by atoms with E-state index in [1.807, 2.05) is 188 Å². The van der Waals surface area contributed by atoms with Crippen LogP contribution in [0.4, 0.5) is 0 Å². The number of hydrogen-bond acceptors (Lipinski definition) is 11. The van der Waals surface area contributed by atoms with Crippen molar-refractivity contribution in [3.8, 4) is 22.3 Å². The number of ether oxygens (including phenoxy) is 3. The largest absolute Gasteiger partial charge is 0.599 e. The van der Waals surface area contributed by atoms with Gasteiger partial charge >= 0.3 is 17.9 Å². The van der Waals surface area contributed by atoms with Crippen molar-refractivity contribution in [3.63, 3.8) is 0 Å². The van der Waals surface area contributed by atoms with Gasteiger partial charge in [0.15, 0.2) is 12.1 Å². The Labute approximate surface area is 415 Å². The quantitative estimate of drug-likeness (QED) is 0.0386. The van der Waals surface area contributed by atoms with E-state index < -0.39 is 66.4 Å². The summed E-state index contributed by atoms with van der Waals surface area (Å²) in [6.07, 6.45) is -3.14. The first kappa shape index (κ1) is 49.4. The van der Waals surface area contributed by atoms with Gasteiger partial charge in [-0.15, -0.1) is 0 Å². The number of carbonyl (C=O) groups is 4. The van der Waals surface area contributed by atoms with Gasteiger partial charge in [-0.3, -0.25) is 19.6 Å². The fourth-order valence-corrected chi connectivity index (χ4v) is 9.35. The van der Waals surface area contributed by atoms with E-state index in [9.17, 15) is 34.5 Å². The Morgan fingerprint density at radius 2 is 0.806 bits per heavy atom. The number of fused-ring (bicyclic) bond motifs is 6. The van der Waals surface area contributed by atoms with Crippen LogP contribution in [0.3, 0.4) is 0 Å². The molecule has 0 radical (unpaired) electrons. The summed E-state index contributed by atoms with van der Waals surface area (Å²) in [6, 6.07) is 56.8. The first-order chi connectivity index (χ1) is 35.0. The lowest BCUT2D eigenvalue weighted by Gasteiger charge is -2.37. The fourth-order valence-electron chi connectivity index (χ4n) is 9.35. The number of benzene rings is 7. The lowest BCUT2D eigenvalue weighted by Crippen LogP contribution is -2.49. The maximum Gasteiger partial charge on any atom is 0.329 e. The summed E-state index contributed by atoms with van der Waals surface area (Å²) >= 11 is 0. The monoisotopic (exact) mass is 963 g/mol. The second-order valence-electron chi connectivity index (χ2n) is 17.0. The minimum atomic E-state index is -1.64. The molecule has 14 heteroatoms. The predicted octanol–water partition coefficient (Wildman–Crippen LogP) is 7.03. The zero-order valence-electron chi connectivity index (χ0n) is 39.0. The zero-order chi connectivity index (χ0) is 50.6. The Balaban J connectivity index is 0.000000219. The van der Waals surface area contributed by atoms with Crippen LogP contribution in [0.5, 0.6) is 0 Å². The maximum atomic E-state index is 13.7. The maximum absolute atomic E-state index is 13.7. The minimum Gasteiger partial charge on any atom is -0.599 e. The zero-order valence-corrected chi connectivity index (χ0v) is 39.0. The molecule has 3 N–H and O–H groups in total. The molecule has 0 spiro atoms. The van der Waals surface area contributed by atoms with Gasteiger partial charge in [0.1, 0.15) is 17.7 Å². The van der Waals surface area contributed by atoms with Crippen molar-refractivity contribution in [1.29, 1.82) is 0 Å². The minimum absolute atomic E-state index is 0.00592. The predicted molar refractivity (Wildman–Crippen MR) is 266 cm³/mol. The van der Waals surface area contributed by atoms with Gasteiger partial charge in [-0.05, 0) is 61.2 Å². The van der Waals surface area contributed by atoms with Gasteiger partial charge in [-0.1, -0.05) is 188 Å². The molecule has 0 heterocycles. The molecule has 1 amide bonds. The lowest BCUT2D eigenvalue weighted by molar-refractivity contribution is -0.252. The average Bonchev–Trinajstić information content (AvgIpc) is 3.91. The summed E-state index contributed by atoms with van der Waals surface area (Å²) in [5.74, 6) is -4.50. The van der Waals surface area contributed by atoms with Crippen molar-refractivity contribution < 1.29 is 53.8 Å². The topological polar surface area (TPSA) is 219 Å². The second kappa shape index (κ2) is 22.6. The molecule has 9 rings (SSSR count). The summed E-state index contributed by atoms with van der Waals surface area (Å²) in [5.41, 5.74) is 9.68. The van der Waals surface area contributed by atoms with Crippen molar-refractivity contribution in [3.05, 3.63) is 227 Å². The average molecular weight is 964 g/mol. The molecule has 7 aromatic rings. The van der Waals surface area contributed by atoms with Crippen molar-refractivity contribution >= 4 is 36.0 Å². The van der Waals surface area contributed by atoms with E-state index in [0.29, 0.717) is 0 Å². The van der Waals surface area contributed by atoms with Gasteiger partial charge < -0.3 is 40.0 Å². The molecule has 2 aliphatic rings. The van der Waals surface area contributed by atoms with Gasteiger partial charge in [0.2, 0.25) is 5.91 Å². The first-order valence-corrected chi connectivity index (χ1v) is 23.1. The molecule has 0 saturated heterocycles. The number of amides is 1. The van der Waals surface area contributed by atoms with E-state index >= 15 is 0 Å². The molecular weight excluding hydrogens is 915 g/mol. The molecule has 0 unspecified atom stereocenters. The molecular formula is C58H49N3O11-2. The van der Waals surface area contributed by atoms with Crippen LogP contribution in [0.25, 0.3) is 22.3 Å². The molecule has 364 valence electrons. The van der Waals surface area contributed by atoms with Crippen molar-refractivity contribution in [2.24, 2.45) is 9.98 Å². The summed E-state index contributed by atoms with van der Waals surface area (Å²) in [6.45, 7) is 0.0228. The van der Waals surface area contributed by atoms with Crippen molar-refractivity contribution in [2.45, 2.75) is 42.3 Å². The molecule has 14 nitrogen and oxygen atoms in total. The molecule has 0 saturated carbocycles. The van der Waals surface area contributed by atoms with Crippen molar-refractivity contribution in [2.75, 3.05) is 20.3 Å². The highest BCUT2D eigenvalue weighted by atomic mass is 16.6. The van der Waals surface area contributed by atoms with Gasteiger partial charge in [-0.25, -0.2) is 9.59 Å². The Bertz CT molecular complexity index is 2920. The number of hydrogen-bond donors (Lipinski definition) is 3. The number of carboxylic acid groups (broad SMARTS) is 2. The number of carboxylic acids is 2. The SMILES string of the molecule is COC(=O)C[C@@H](N=C([O-])OCC1c2ccccc2-c2ccccc21)C(=O)O.O=C(C[C@H](N=C([O-])OCC1c2ccccc2-c2ccccc21)C(=O)O)NC(c1ccccc1)(c1ccccc1)c1ccccc1. The van der Waals surface area contributed by atoms with Crippen LogP contribution in [0.2, 0.25) is 0 Å². The standard InChI is InChI=1S/C38H32N2O5.C20H19NO6/c41-35(40-38(26-14-4-1-5-15-26,27-16-6-2-7-17-27)28-18-8-3-9-19-28)24-34(36(42)43)39-37(44)45-25-33-31-22-12-10-20-29(31)30-21-11-13-23-32(30)33;1-26-18(22)10-17(19(23)24)21-20(25)27-11-16-14-8-4-2-6-12(14)13-7-3-5-9-15(13)16/h1-23,33-34H,24-25H2,(H,39,44)(H,40,41)(H,42,43);2-9,16-17H,10-11H2,1H3,(H,21,25)(H,23,24)/p-2/t34-;17-/m01/s1. The number of methoxy groups -OCH3 is 1. The third kappa shape index (κ3) is 10.9. The van der Waals surface area contributed by atoms with Gasteiger partial charge in [0.05, 0.1) is 20.0 Å². The number of esters is 1. The Hall–Kier alpha value is -9.04. The van der Waals surface area contributed by atoms with E-state index in [2.05, 4.69) is 20.0 Å². The summed E-state index contributed by atoms with van der Waals surface area (Å²) in [4.78, 5) is 55.7. The number of nitrogens with zero attached hydrogens (tertiary/aromatic N) is 2. The normalized spacial score (nSPS) is 13.7. The number of aliphatic imine (C=N–C) groups is 2. The third-order valence-corrected chi connectivity index (χ3v) is 12.7. The molecule has 2 aliphatic carbocycles. The van der Waals surface area contributed by atoms with E-state index in [0.717, 1.165) is 68.3 Å². The summed E-state index contributed by atoms with van der Waals surface area (Å²) in [5, 5.41) is 47.1. The van der Waals surface area contributed by atoms with Gasteiger partial charge in [-0.2, -0.15) is 0 Å². The number of carbonyl (C=O) groups excluding carboxylic acids is 2. The van der Waals surface area contributed by atoms with Crippen molar-refractivity contribution in [1.82, 2.24) is 5.32 Å². The van der Waals surface area contributed by atoms with Crippen LogP contribution in [-0.2, 0) is 38.9 Å². The van der Waals surface area contributed by atoms with Crippen LogP contribution in [0, 0.1) is 0 Å². The van der Waals surface area contributed by atoms with E-state index in [-0.39, 0.29) is 25.0 Å². The highest BCUT2D eigenvalue weighted by molar-refractivity contribution is 5.87. The second-order valence-corrected chi connectivity index (χ2v) is 17.0. The Morgan fingerprint density at radius 1 is 0.500 bits per heavy atom. The van der Waals surface area contributed by atoms with E-state index in [4.69, 9.17) is 14.6 Å². The smallest absolute Gasteiger partial charge is 0.329 e. The highest BCUT2D eigenvalue weighted by Gasteiger charge is 2.39. The van der Waals surface area contributed by atoms with Crippen LogP contribution in [-0.4, -0.2) is 78.6 Å². The van der Waals surface area contributed by atoms with E-state index in [1.165, 1.54) is 0 Å². The summed E-state index contributed by atoms with van der Waals surface area (Å²) < 4.78 is 15.1. The Kier molecular flexibility index (Phi) is 15.5. The lowest BCUT2D eigenvalue weighted by atomic mass is 9.77. The van der Waals surface area contributed by atoms with Gasteiger partial charge in [0.25, 0.3) is 0 Å². The highest BCUT2D eigenvalue weighted by Crippen LogP contribution is 2.46. The van der Waals surface area contributed by atoms with Gasteiger partial charge in [0, 0.05) is 25.0 Å². The molecule has 0 aliphatic heterocycles. The Morgan fingerprint density at radius 3 is 1.12 bits per heavy atom. The number of nitrogens with one attached hydrogen (secondary N) is 1. The molecule has 2 atom stereocenters. The third-order valence-electron chi connectivity index (χ3n) is 12.7. The van der Waals surface area contributed by atoms with Crippen LogP contribution >= 0.6 is 0 Å². The molecule has 0 bridgehead atoms. The van der Waals surface area contributed by atoms with Crippen LogP contribution < -0.4 is 15.5 Å². The summed E-state index contributed by atoms with van der Waals surface area (Å²) in [7, 11) is 1.13. The molecule has 0 aromatic heterocycles. The van der Waals surface area contributed by atoms with E-state index in [1.54, 1.807) is 0 Å². The molecule has 0 fully saturated rings. The molecule has 7 aromatic carbocycles. The number of aliphatic carboxylic acids is 2. The first-order valence-electron chi connectivity index (χ1n) is 23.1.